The second-order valence-corrected chi connectivity index (χ2v) is 7.07. The minimum absolute atomic E-state index is 0.0675. The van der Waals surface area contributed by atoms with Crippen LogP contribution >= 0.6 is 11.5 Å². The van der Waals surface area contributed by atoms with Crippen LogP contribution in [-0.4, -0.2) is 44.3 Å². The zero-order valence-electron chi connectivity index (χ0n) is 13.7. The van der Waals surface area contributed by atoms with Crippen molar-refractivity contribution in [2.75, 3.05) is 22.9 Å². The van der Waals surface area contributed by atoms with Gasteiger partial charge >= 0.3 is 0 Å². The highest BCUT2D eigenvalue weighted by Crippen LogP contribution is 2.29. The van der Waals surface area contributed by atoms with Crippen LogP contribution in [0.3, 0.4) is 0 Å². The first-order valence-corrected chi connectivity index (χ1v) is 9.18. The lowest BCUT2D eigenvalue weighted by atomic mass is 10.3. The molecule has 0 bridgehead atoms. The number of amides is 1. The molecule has 0 aliphatic carbocycles. The smallest absolute Gasteiger partial charge is 0.262 e. The van der Waals surface area contributed by atoms with Crippen LogP contribution in [0.4, 0.5) is 15.9 Å². The van der Waals surface area contributed by atoms with Crippen molar-refractivity contribution in [2.45, 2.75) is 19.1 Å². The summed E-state index contributed by atoms with van der Waals surface area (Å²) in [6.45, 7) is 1.52. The topological polar surface area (TPSA) is 67.2 Å². The van der Waals surface area contributed by atoms with Crippen LogP contribution in [0.25, 0.3) is 5.69 Å². The van der Waals surface area contributed by atoms with E-state index >= 15 is 0 Å². The van der Waals surface area contributed by atoms with E-state index in [0.29, 0.717) is 31.6 Å². The Morgan fingerprint density at radius 1 is 1.23 bits per heavy atom. The van der Waals surface area contributed by atoms with Crippen molar-refractivity contribution in [3.63, 3.8) is 0 Å². The lowest BCUT2D eigenvalue weighted by Crippen LogP contribution is -2.23. The summed E-state index contributed by atoms with van der Waals surface area (Å²) in [5.41, 5.74) is 2.91. The van der Waals surface area contributed by atoms with Crippen molar-refractivity contribution in [1.29, 1.82) is 0 Å². The highest BCUT2D eigenvalue weighted by molar-refractivity contribution is 7.04. The molecule has 26 heavy (non-hydrogen) atoms. The van der Waals surface area contributed by atoms with Crippen LogP contribution in [0.2, 0.25) is 0 Å². The number of alkyl halides is 1. The number of pyridine rings is 1. The quantitative estimate of drug-likeness (QED) is 0.708. The lowest BCUT2D eigenvalue weighted by molar-refractivity contribution is 0.0996. The third-order valence-electron chi connectivity index (χ3n) is 4.76. The van der Waals surface area contributed by atoms with Gasteiger partial charge in [-0.25, -0.2) is 14.1 Å². The Morgan fingerprint density at radius 2 is 2.15 bits per heavy atom. The van der Waals surface area contributed by atoms with E-state index in [4.69, 9.17) is 0 Å². The van der Waals surface area contributed by atoms with Gasteiger partial charge in [0, 0.05) is 18.1 Å². The van der Waals surface area contributed by atoms with Crippen molar-refractivity contribution in [1.82, 2.24) is 19.1 Å². The predicted octanol–water partition coefficient (Wildman–Crippen LogP) is 2.43. The first-order chi connectivity index (χ1) is 12.7. The third kappa shape index (κ3) is 2.47. The summed E-state index contributed by atoms with van der Waals surface area (Å²) in [6.07, 6.45) is 4.90. The van der Waals surface area contributed by atoms with Gasteiger partial charge in [0.1, 0.15) is 12.0 Å². The molecule has 0 saturated carbocycles. The molecule has 0 spiro atoms. The van der Waals surface area contributed by atoms with E-state index in [1.54, 1.807) is 28.2 Å². The van der Waals surface area contributed by atoms with Crippen LogP contribution in [0.15, 0.2) is 36.1 Å². The highest BCUT2D eigenvalue weighted by atomic mass is 32.1. The van der Waals surface area contributed by atoms with Gasteiger partial charge in [-0.3, -0.25) is 9.69 Å². The second-order valence-electron chi connectivity index (χ2n) is 6.41. The number of carbonyl (C=O) groups excluding carboxylic acids is 1. The minimum Gasteiger partial charge on any atom is -0.354 e. The number of nitrogens with zero attached hydrogens (tertiary/aromatic N) is 6. The summed E-state index contributed by atoms with van der Waals surface area (Å²) in [7, 11) is 0. The summed E-state index contributed by atoms with van der Waals surface area (Å²) in [5, 5.41) is 6.38. The summed E-state index contributed by atoms with van der Waals surface area (Å²) in [4.78, 5) is 20.6. The van der Waals surface area contributed by atoms with Gasteiger partial charge in [-0.15, -0.1) is 0 Å². The Hall–Kier alpha value is -2.81. The molecule has 1 amide bonds. The Bertz CT molecular complexity index is 954. The van der Waals surface area contributed by atoms with Crippen molar-refractivity contribution in [2.24, 2.45) is 0 Å². The number of hydrogen-bond donors (Lipinski definition) is 0. The van der Waals surface area contributed by atoms with Crippen molar-refractivity contribution in [3.05, 3.63) is 47.4 Å². The number of halogens is 1. The van der Waals surface area contributed by atoms with Crippen LogP contribution in [0.5, 0.6) is 0 Å². The highest BCUT2D eigenvalue weighted by Gasteiger charge is 2.32. The molecule has 2 aliphatic heterocycles. The Kier molecular flexibility index (Phi) is 3.49. The summed E-state index contributed by atoms with van der Waals surface area (Å²) < 4.78 is 19.1. The van der Waals surface area contributed by atoms with Gasteiger partial charge in [0.15, 0.2) is 0 Å². The predicted molar refractivity (Wildman–Crippen MR) is 95.7 cm³/mol. The average Bonchev–Trinajstić information content (AvgIpc) is 3.41. The molecule has 1 atom stereocenters. The molecule has 1 saturated heterocycles. The maximum atomic E-state index is 13.3. The largest absolute Gasteiger partial charge is 0.354 e. The molecule has 5 rings (SSSR count). The number of hydrogen-bond acceptors (Lipinski definition) is 6. The minimum atomic E-state index is -0.780. The fourth-order valence-corrected chi connectivity index (χ4v) is 3.90. The second kappa shape index (κ2) is 5.87. The lowest BCUT2D eigenvalue weighted by Gasteiger charge is -2.16. The van der Waals surface area contributed by atoms with Gasteiger partial charge in [-0.2, -0.15) is 9.47 Å². The molecule has 3 aromatic heterocycles. The Balaban J connectivity index is 1.37. The summed E-state index contributed by atoms with van der Waals surface area (Å²) >= 11 is 1.32. The number of carbonyl (C=O) groups is 1. The number of rotatable bonds is 3. The van der Waals surface area contributed by atoms with Crippen LogP contribution in [0.1, 0.15) is 22.5 Å². The first kappa shape index (κ1) is 15.4. The molecule has 2 aliphatic rings. The SMILES string of the molecule is O=C1c2cn(-c3ccc(N4CC[C@H](F)C4)nc3)nc2CN1c1cnsc1. The Morgan fingerprint density at radius 3 is 2.81 bits per heavy atom. The summed E-state index contributed by atoms with van der Waals surface area (Å²) in [6, 6.07) is 3.76. The molecular weight excluding hydrogens is 355 g/mol. The van der Waals surface area contributed by atoms with E-state index < -0.39 is 6.17 Å². The first-order valence-electron chi connectivity index (χ1n) is 8.34. The standard InChI is InChI=1S/C17H15FN6OS/c18-11-3-4-22(7-11)16-2-1-12(5-19-16)24-8-14-15(21-24)9-23(17(14)25)13-6-20-26-10-13/h1-2,5-6,8,10-11H,3-4,7,9H2/t11-/m0/s1. The molecule has 3 aromatic rings. The third-order valence-corrected chi connectivity index (χ3v) is 5.33. The fourth-order valence-electron chi connectivity index (χ4n) is 3.37. The van der Waals surface area contributed by atoms with Crippen LogP contribution in [-0.2, 0) is 6.54 Å². The molecule has 0 radical (unpaired) electrons. The van der Waals surface area contributed by atoms with Crippen molar-refractivity contribution >= 4 is 28.9 Å². The van der Waals surface area contributed by atoms with Gasteiger partial charge in [-0.1, -0.05) is 0 Å². The van der Waals surface area contributed by atoms with Crippen LogP contribution < -0.4 is 9.80 Å². The van der Waals surface area contributed by atoms with Gasteiger partial charge in [0.05, 0.1) is 48.1 Å². The van der Waals surface area contributed by atoms with E-state index in [2.05, 4.69) is 14.5 Å². The van der Waals surface area contributed by atoms with Gasteiger partial charge in [-0.05, 0) is 30.1 Å². The Labute approximate surface area is 152 Å². The van der Waals surface area contributed by atoms with Gasteiger partial charge < -0.3 is 4.90 Å². The van der Waals surface area contributed by atoms with E-state index in [-0.39, 0.29) is 5.91 Å². The molecule has 132 valence electrons. The molecular formula is C17H15FN6OS. The van der Waals surface area contributed by atoms with E-state index in [1.807, 2.05) is 22.4 Å². The van der Waals surface area contributed by atoms with E-state index in [1.165, 1.54) is 11.5 Å². The monoisotopic (exact) mass is 370 g/mol. The zero-order valence-corrected chi connectivity index (χ0v) is 14.6. The molecule has 0 N–H and O–H groups in total. The van der Waals surface area contributed by atoms with Crippen LogP contribution in [0, 0.1) is 0 Å². The van der Waals surface area contributed by atoms with Gasteiger partial charge in [0.2, 0.25) is 0 Å². The maximum absolute atomic E-state index is 13.3. The van der Waals surface area contributed by atoms with E-state index in [0.717, 1.165) is 22.9 Å². The molecule has 0 aromatic carbocycles. The number of anilines is 2. The van der Waals surface area contributed by atoms with E-state index in [9.17, 15) is 9.18 Å². The van der Waals surface area contributed by atoms with Gasteiger partial charge in [0.25, 0.3) is 5.91 Å². The molecule has 1 fully saturated rings. The molecule has 0 unspecified atom stereocenters. The fraction of sp³-hybridized carbons (Fsp3) is 0.294. The number of aromatic nitrogens is 4. The number of fused-ring (bicyclic) bond motifs is 1. The normalized spacial score (nSPS) is 19.4. The molecule has 7 nitrogen and oxygen atoms in total. The van der Waals surface area contributed by atoms with Crippen molar-refractivity contribution < 1.29 is 9.18 Å². The molecule has 9 heteroatoms. The molecule has 5 heterocycles. The summed E-state index contributed by atoms with van der Waals surface area (Å²) in [5.74, 6) is 0.697. The zero-order chi connectivity index (χ0) is 17.7. The maximum Gasteiger partial charge on any atom is 0.262 e. The van der Waals surface area contributed by atoms with Crippen molar-refractivity contribution in [3.8, 4) is 5.69 Å². The average molecular weight is 370 g/mol.